The zero-order chi connectivity index (χ0) is 17.2. The monoisotopic (exact) mass is 338 g/mol. The summed E-state index contributed by atoms with van der Waals surface area (Å²) in [6, 6.07) is 3.80. The van der Waals surface area contributed by atoms with Crippen LogP contribution in [0.5, 0.6) is 5.75 Å². The van der Waals surface area contributed by atoms with Gasteiger partial charge in [0.2, 0.25) is 0 Å². The van der Waals surface area contributed by atoms with Gasteiger partial charge in [-0.25, -0.2) is 0 Å². The van der Waals surface area contributed by atoms with Crippen molar-refractivity contribution in [2.45, 2.75) is 64.7 Å². The topological polar surface area (TPSA) is 46.5 Å². The molecule has 0 bridgehead atoms. The zero-order valence-corrected chi connectivity index (χ0v) is 15.7. The average molecular weight is 339 g/mol. The molecule has 0 fully saturated rings. The highest BCUT2D eigenvalue weighted by molar-refractivity contribution is 7.99. The van der Waals surface area contributed by atoms with Crippen LogP contribution in [0.15, 0.2) is 17.0 Å². The molecule has 0 aliphatic heterocycles. The van der Waals surface area contributed by atoms with Crippen molar-refractivity contribution in [3.63, 3.8) is 0 Å². The molecule has 1 N–H and O–H groups in total. The predicted molar refractivity (Wildman–Crippen MR) is 97.2 cm³/mol. The third kappa shape index (κ3) is 7.30. The minimum atomic E-state index is -0.125. The molecule has 1 atom stereocenters. The molecule has 1 aromatic carbocycles. The van der Waals surface area contributed by atoms with Gasteiger partial charge in [0.05, 0.1) is 13.0 Å². The summed E-state index contributed by atoms with van der Waals surface area (Å²) in [4.78, 5) is 12.8. The van der Waals surface area contributed by atoms with Crippen LogP contribution >= 0.6 is 11.8 Å². The van der Waals surface area contributed by atoms with Gasteiger partial charge in [-0.1, -0.05) is 33.1 Å². The van der Waals surface area contributed by atoms with Crippen molar-refractivity contribution in [3.05, 3.63) is 23.3 Å². The number of hydrogen-bond donors (Lipinski definition) is 1. The summed E-state index contributed by atoms with van der Waals surface area (Å²) >= 11 is 1.58. The summed E-state index contributed by atoms with van der Waals surface area (Å²) in [6.07, 6.45) is 4.98. The first-order chi connectivity index (χ1) is 11.0. The van der Waals surface area contributed by atoms with Crippen LogP contribution in [0, 0.1) is 19.8 Å². The van der Waals surface area contributed by atoms with Crippen molar-refractivity contribution in [2.75, 3.05) is 12.4 Å². The van der Waals surface area contributed by atoms with Crippen LogP contribution in [0.3, 0.4) is 0 Å². The molecule has 0 amide bonds. The quantitative estimate of drug-likeness (QED) is 0.467. The van der Waals surface area contributed by atoms with Crippen molar-refractivity contribution in [1.82, 2.24) is 0 Å². The van der Waals surface area contributed by atoms with Crippen LogP contribution in [0.1, 0.15) is 57.1 Å². The van der Waals surface area contributed by atoms with Crippen LogP contribution in [-0.4, -0.2) is 23.4 Å². The first kappa shape index (κ1) is 19.9. The number of thioether (sulfide) groups is 1. The molecule has 0 aromatic heterocycles. The van der Waals surface area contributed by atoms with Crippen molar-refractivity contribution >= 4 is 17.7 Å². The molecular formula is C19H30O3S. The number of hydrogen-bond acceptors (Lipinski definition) is 4. The molecule has 1 aromatic rings. The maximum atomic E-state index is 11.8. The lowest BCUT2D eigenvalue weighted by Gasteiger charge is -2.14. The molecular weight excluding hydrogens is 308 g/mol. The third-order valence-corrected chi connectivity index (χ3v) is 5.19. The van der Waals surface area contributed by atoms with Gasteiger partial charge in [-0.2, -0.15) is 0 Å². The number of ether oxygens (including phenoxy) is 1. The minimum absolute atomic E-state index is 0.125. The second-order valence-electron chi connectivity index (χ2n) is 6.08. The van der Waals surface area contributed by atoms with E-state index in [4.69, 9.17) is 4.74 Å². The van der Waals surface area contributed by atoms with E-state index in [9.17, 15) is 9.90 Å². The lowest BCUT2D eigenvalue weighted by Crippen LogP contribution is -2.14. The molecule has 0 radical (unpaired) electrons. The molecule has 1 unspecified atom stereocenters. The van der Waals surface area contributed by atoms with E-state index in [0.29, 0.717) is 30.4 Å². The van der Waals surface area contributed by atoms with Crippen molar-refractivity contribution in [1.29, 1.82) is 0 Å². The Bertz CT molecular complexity index is 476. The average Bonchev–Trinajstić information content (AvgIpc) is 2.52. The highest BCUT2D eigenvalue weighted by Crippen LogP contribution is 2.28. The number of carbonyl (C=O) groups excluding carboxylic acids is 1. The smallest absolute Gasteiger partial charge is 0.306 e. The van der Waals surface area contributed by atoms with E-state index in [2.05, 4.69) is 13.8 Å². The number of unbranched alkanes of at least 4 members (excludes halogenated alkanes) is 1. The Hall–Kier alpha value is -1.16. The maximum absolute atomic E-state index is 11.8. The van der Waals surface area contributed by atoms with Gasteiger partial charge in [0.1, 0.15) is 5.75 Å². The molecule has 130 valence electrons. The Morgan fingerprint density at radius 2 is 2.04 bits per heavy atom. The van der Waals surface area contributed by atoms with Crippen LogP contribution < -0.4 is 0 Å². The molecule has 0 aliphatic rings. The SMILES string of the molecule is CCCCC(CC)COC(=O)CCSc1cc(C)c(C)c(O)c1. The number of esters is 1. The van der Waals surface area contributed by atoms with E-state index >= 15 is 0 Å². The summed E-state index contributed by atoms with van der Waals surface area (Å²) in [6.45, 7) is 8.76. The molecule has 0 aliphatic carbocycles. The Kier molecular flexibility index (Phi) is 9.15. The first-order valence-electron chi connectivity index (χ1n) is 8.56. The number of aryl methyl sites for hydroxylation is 1. The van der Waals surface area contributed by atoms with Crippen LogP contribution in [0.4, 0.5) is 0 Å². The Morgan fingerprint density at radius 1 is 1.30 bits per heavy atom. The lowest BCUT2D eigenvalue weighted by atomic mass is 10.0. The number of aromatic hydroxyl groups is 1. The summed E-state index contributed by atoms with van der Waals surface area (Å²) in [5.41, 5.74) is 1.98. The minimum Gasteiger partial charge on any atom is -0.508 e. The molecule has 0 saturated heterocycles. The van der Waals surface area contributed by atoms with E-state index in [-0.39, 0.29) is 5.97 Å². The Morgan fingerprint density at radius 3 is 2.65 bits per heavy atom. The van der Waals surface area contributed by atoms with Gasteiger partial charge in [-0.15, -0.1) is 11.8 Å². The summed E-state index contributed by atoms with van der Waals surface area (Å²) in [5.74, 6) is 1.35. The predicted octanol–water partition coefficient (Wildman–Crippen LogP) is 5.25. The number of benzene rings is 1. The van der Waals surface area contributed by atoms with E-state index in [1.807, 2.05) is 19.9 Å². The van der Waals surface area contributed by atoms with E-state index in [1.165, 1.54) is 12.8 Å². The number of rotatable bonds is 10. The van der Waals surface area contributed by atoms with Crippen LogP contribution in [-0.2, 0) is 9.53 Å². The Labute approximate surface area is 144 Å². The maximum Gasteiger partial charge on any atom is 0.306 e. The molecule has 1 rings (SSSR count). The van der Waals surface area contributed by atoms with Crippen LogP contribution in [0.25, 0.3) is 0 Å². The fourth-order valence-corrected chi connectivity index (χ4v) is 3.28. The molecule has 23 heavy (non-hydrogen) atoms. The standard InChI is InChI=1S/C19H30O3S/c1-5-7-8-16(6-2)13-22-19(21)9-10-23-17-11-14(3)15(4)18(20)12-17/h11-12,16,20H,5-10,13H2,1-4H3. The lowest BCUT2D eigenvalue weighted by molar-refractivity contribution is -0.144. The summed E-state index contributed by atoms with van der Waals surface area (Å²) in [7, 11) is 0. The molecule has 0 spiro atoms. The summed E-state index contributed by atoms with van der Waals surface area (Å²) in [5, 5.41) is 9.83. The third-order valence-electron chi connectivity index (χ3n) is 4.21. The molecule has 4 heteroatoms. The zero-order valence-electron chi connectivity index (χ0n) is 14.9. The Balaban J connectivity index is 2.31. The van der Waals surface area contributed by atoms with Gasteiger partial charge in [0.25, 0.3) is 0 Å². The van der Waals surface area contributed by atoms with Gasteiger partial charge in [0, 0.05) is 10.6 Å². The molecule has 0 saturated carbocycles. The van der Waals surface area contributed by atoms with Crippen molar-refractivity contribution in [3.8, 4) is 5.75 Å². The van der Waals surface area contributed by atoms with Gasteiger partial charge < -0.3 is 9.84 Å². The normalized spacial score (nSPS) is 12.2. The molecule has 0 heterocycles. The first-order valence-corrected chi connectivity index (χ1v) is 9.55. The number of phenols is 1. The van der Waals surface area contributed by atoms with Crippen molar-refractivity contribution in [2.24, 2.45) is 5.92 Å². The van der Waals surface area contributed by atoms with E-state index in [0.717, 1.165) is 28.9 Å². The van der Waals surface area contributed by atoms with Gasteiger partial charge in [-0.05, 0) is 49.4 Å². The number of phenolic OH excluding ortho intramolecular Hbond substituents is 1. The fraction of sp³-hybridized carbons (Fsp3) is 0.632. The molecule has 3 nitrogen and oxygen atoms in total. The largest absolute Gasteiger partial charge is 0.508 e. The van der Waals surface area contributed by atoms with Gasteiger partial charge in [-0.3, -0.25) is 4.79 Å². The van der Waals surface area contributed by atoms with Crippen LogP contribution in [0.2, 0.25) is 0 Å². The second-order valence-corrected chi connectivity index (χ2v) is 7.25. The second kappa shape index (κ2) is 10.6. The highest BCUT2D eigenvalue weighted by Gasteiger charge is 2.10. The van der Waals surface area contributed by atoms with Crippen molar-refractivity contribution < 1.29 is 14.6 Å². The number of carbonyl (C=O) groups is 1. The highest BCUT2D eigenvalue weighted by atomic mass is 32.2. The van der Waals surface area contributed by atoms with E-state index in [1.54, 1.807) is 17.8 Å². The van der Waals surface area contributed by atoms with Gasteiger partial charge >= 0.3 is 5.97 Å². The fourth-order valence-electron chi connectivity index (χ4n) is 2.32. The van der Waals surface area contributed by atoms with E-state index < -0.39 is 0 Å². The van der Waals surface area contributed by atoms with Gasteiger partial charge in [0.15, 0.2) is 0 Å². The summed E-state index contributed by atoms with van der Waals surface area (Å²) < 4.78 is 5.39.